The minimum atomic E-state index is -0.429. The first-order valence-electron chi connectivity index (χ1n) is 8.76. The van der Waals surface area contributed by atoms with E-state index in [1.54, 1.807) is 28.1 Å². The van der Waals surface area contributed by atoms with E-state index in [1.807, 2.05) is 38.4 Å². The molecular weight excluding hydrogens is 360 g/mol. The number of carbonyl (C=O) groups excluding carboxylic acids is 1. The highest BCUT2D eigenvalue weighted by Gasteiger charge is 2.15. The maximum atomic E-state index is 10.6. The lowest BCUT2D eigenvalue weighted by atomic mass is 10.1. The number of aromatic amines is 1. The van der Waals surface area contributed by atoms with Gasteiger partial charge >= 0.3 is 0 Å². The van der Waals surface area contributed by atoms with Crippen molar-refractivity contribution in [3.63, 3.8) is 0 Å². The number of ether oxygens (including phenoxy) is 2. The van der Waals surface area contributed by atoms with Crippen LogP contribution < -0.4 is 0 Å². The van der Waals surface area contributed by atoms with Crippen molar-refractivity contribution >= 4 is 23.0 Å². The highest BCUT2D eigenvalue weighted by atomic mass is 16.6. The average Bonchev–Trinajstić information content (AvgIpc) is 3.30. The fourth-order valence-electron chi connectivity index (χ4n) is 3.08. The number of H-pyrrole nitrogens is 1. The van der Waals surface area contributed by atoms with Crippen LogP contribution in [0.15, 0.2) is 42.9 Å². The number of carbonyl (C=O) groups is 1. The maximum Gasteiger partial charge on any atom is 0.294 e. The first kappa shape index (κ1) is 18.1. The molecule has 1 unspecified atom stereocenters. The molecule has 4 aromatic rings. The summed E-state index contributed by atoms with van der Waals surface area (Å²) in [6.07, 6.45) is 4.84. The molecule has 0 saturated carbocycles. The predicted molar refractivity (Wildman–Crippen MR) is 102 cm³/mol. The van der Waals surface area contributed by atoms with Gasteiger partial charge in [-0.05, 0) is 43.9 Å². The van der Waals surface area contributed by atoms with E-state index in [1.165, 1.54) is 0 Å². The number of hydrogen-bond donors (Lipinski definition) is 1. The fraction of sp³-hybridized carbons (Fsp3) is 0.263. The van der Waals surface area contributed by atoms with Crippen molar-refractivity contribution in [2.45, 2.75) is 12.8 Å². The second kappa shape index (κ2) is 7.75. The highest BCUT2D eigenvalue weighted by molar-refractivity contribution is 5.97. The molecule has 9 heteroatoms. The number of nitrogens with one attached hydrogen (secondary N) is 1. The monoisotopic (exact) mass is 380 g/mol. The Kier molecular flexibility index (Phi) is 5.00. The number of pyridine rings is 1. The molecule has 0 aromatic carbocycles. The predicted octanol–water partition coefficient (Wildman–Crippen LogP) is 1.85. The summed E-state index contributed by atoms with van der Waals surface area (Å²) in [5, 5.41) is 9.51. The summed E-state index contributed by atoms with van der Waals surface area (Å²) in [5.74, 6) is 0. The van der Waals surface area contributed by atoms with Crippen LogP contribution in [0.3, 0.4) is 0 Å². The molecule has 144 valence electrons. The summed E-state index contributed by atoms with van der Waals surface area (Å²) in [4.78, 5) is 20.1. The van der Waals surface area contributed by atoms with E-state index < -0.39 is 6.23 Å². The Balaban J connectivity index is 1.58. The van der Waals surface area contributed by atoms with Crippen LogP contribution in [-0.4, -0.2) is 63.1 Å². The third kappa shape index (κ3) is 3.45. The Labute approximate surface area is 160 Å². The maximum absolute atomic E-state index is 10.6. The number of aromatic nitrogens is 5. The number of nitrogens with zero attached hydrogens (tertiary/aromatic N) is 5. The van der Waals surface area contributed by atoms with Crippen LogP contribution >= 0.6 is 0 Å². The van der Waals surface area contributed by atoms with E-state index in [0.29, 0.717) is 13.1 Å². The van der Waals surface area contributed by atoms with Crippen molar-refractivity contribution in [1.82, 2.24) is 29.7 Å². The van der Waals surface area contributed by atoms with Gasteiger partial charge in [0.25, 0.3) is 6.47 Å². The molecule has 4 aromatic heterocycles. The standard InChI is InChI=1S/C19H20N6O3/c1-24(2)18(28-12-26)11-27-10-13-8-15-14(5-7-20-19(15)23-13)16-9-22-25-17(16)4-3-6-21-25/h3-9,12,18H,10-11H2,1-2H3,(H,20,23). The topological polar surface area (TPSA) is 97.6 Å². The number of fused-ring (bicyclic) bond motifs is 2. The van der Waals surface area contributed by atoms with Gasteiger partial charge in [-0.3, -0.25) is 9.69 Å². The molecule has 0 fully saturated rings. The smallest absolute Gasteiger partial charge is 0.294 e. The summed E-state index contributed by atoms with van der Waals surface area (Å²) in [6.45, 7) is 1.04. The third-order valence-electron chi connectivity index (χ3n) is 4.49. The van der Waals surface area contributed by atoms with E-state index in [-0.39, 0.29) is 6.61 Å². The van der Waals surface area contributed by atoms with Crippen molar-refractivity contribution in [1.29, 1.82) is 0 Å². The van der Waals surface area contributed by atoms with Crippen molar-refractivity contribution in [2.75, 3.05) is 20.7 Å². The zero-order valence-electron chi connectivity index (χ0n) is 15.6. The molecule has 0 amide bonds. The van der Waals surface area contributed by atoms with Crippen LogP contribution in [0.1, 0.15) is 5.69 Å². The van der Waals surface area contributed by atoms with E-state index in [4.69, 9.17) is 9.47 Å². The molecule has 1 atom stereocenters. The van der Waals surface area contributed by atoms with Gasteiger partial charge in [0, 0.05) is 29.0 Å². The first-order valence-corrected chi connectivity index (χ1v) is 8.76. The van der Waals surface area contributed by atoms with Crippen molar-refractivity contribution in [3.05, 3.63) is 48.5 Å². The summed E-state index contributed by atoms with van der Waals surface area (Å²) in [7, 11) is 3.64. The van der Waals surface area contributed by atoms with Gasteiger partial charge in [0.1, 0.15) is 5.65 Å². The third-order valence-corrected chi connectivity index (χ3v) is 4.49. The molecule has 4 heterocycles. The average molecular weight is 380 g/mol. The van der Waals surface area contributed by atoms with Gasteiger partial charge in [0.15, 0.2) is 6.23 Å². The van der Waals surface area contributed by atoms with Crippen LogP contribution in [0.4, 0.5) is 0 Å². The minimum absolute atomic E-state index is 0.265. The van der Waals surface area contributed by atoms with E-state index >= 15 is 0 Å². The molecule has 1 N–H and O–H groups in total. The largest absolute Gasteiger partial charge is 0.446 e. The first-order chi connectivity index (χ1) is 13.7. The Morgan fingerprint density at radius 2 is 2.14 bits per heavy atom. The SMILES string of the molecule is CN(C)C(COCc1cc2c(-c3cnn4ncccc34)ccnc2[nH]1)OC=O. The van der Waals surface area contributed by atoms with Gasteiger partial charge in [-0.15, -0.1) is 0 Å². The molecule has 0 saturated heterocycles. The van der Waals surface area contributed by atoms with Crippen LogP contribution in [0.25, 0.3) is 27.7 Å². The number of rotatable bonds is 8. The van der Waals surface area contributed by atoms with E-state index in [9.17, 15) is 4.79 Å². The summed E-state index contributed by atoms with van der Waals surface area (Å²) in [6, 6.07) is 7.85. The van der Waals surface area contributed by atoms with Gasteiger partial charge in [-0.25, -0.2) is 4.98 Å². The van der Waals surface area contributed by atoms with Gasteiger partial charge < -0.3 is 14.5 Å². The number of hydrogen-bond acceptors (Lipinski definition) is 7. The minimum Gasteiger partial charge on any atom is -0.446 e. The molecule has 0 spiro atoms. The molecule has 0 bridgehead atoms. The Morgan fingerprint density at radius 1 is 1.25 bits per heavy atom. The second-order valence-electron chi connectivity index (χ2n) is 6.54. The molecule has 4 rings (SSSR count). The second-order valence-corrected chi connectivity index (χ2v) is 6.54. The molecular formula is C19H20N6O3. The van der Waals surface area contributed by atoms with Gasteiger partial charge in [0.2, 0.25) is 0 Å². The summed E-state index contributed by atoms with van der Waals surface area (Å²) in [5.41, 5.74) is 4.58. The summed E-state index contributed by atoms with van der Waals surface area (Å²) < 4.78 is 12.3. The zero-order valence-corrected chi connectivity index (χ0v) is 15.6. The van der Waals surface area contributed by atoms with Crippen molar-refractivity contribution < 1.29 is 14.3 Å². The van der Waals surface area contributed by atoms with Crippen LogP contribution in [0.5, 0.6) is 0 Å². The number of likely N-dealkylation sites (N-methyl/N-ethyl adjacent to an activating group) is 1. The molecule has 0 radical (unpaired) electrons. The van der Waals surface area contributed by atoms with Crippen molar-refractivity contribution in [2.24, 2.45) is 0 Å². The Morgan fingerprint density at radius 3 is 2.96 bits per heavy atom. The normalized spacial score (nSPS) is 12.7. The van der Waals surface area contributed by atoms with Gasteiger partial charge in [-0.1, -0.05) is 0 Å². The van der Waals surface area contributed by atoms with Crippen LogP contribution in [-0.2, 0) is 20.9 Å². The van der Waals surface area contributed by atoms with E-state index in [2.05, 4.69) is 20.2 Å². The van der Waals surface area contributed by atoms with E-state index in [0.717, 1.165) is 33.4 Å². The summed E-state index contributed by atoms with van der Waals surface area (Å²) >= 11 is 0. The lowest BCUT2D eigenvalue weighted by Gasteiger charge is -2.21. The van der Waals surface area contributed by atoms with Crippen LogP contribution in [0.2, 0.25) is 0 Å². The van der Waals surface area contributed by atoms with Crippen LogP contribution in [0, 0.1) is 0 Å². The molecule has 9 nitrogen and oxygen atoms in total. The Hall–Kier alpha value is -3.30. The molecule has 0 aliphatic carbocycles. The Bertz CT molecular complexity index is 1100. The fourth-order valence-corrected chi connectivity index (χ4v) is 3.08. The molecule has 28 heavy (non-hydrogen) atoms. The highest BCUT2D eigenvalue weighted by Crippen LogP contribution is 2.30. The zero-order chi connectivity index (χ0) is 19.5. The van der Waals surface area contributed by atoms with Crippen molar-refractivity contribution in [3.8, 4) is 11.1 Å². The van der Waals surface area contributed by atoms with Gasteiger partial charge in [-0.2, -0.15) is 14.8 Å². The lowest BCUT2D eigenvalue weighted by molar-refractivity contribution is -0.147. The molecule has 0 aliphatic rings. The quantitative estimate of drug-likeness (QED) is 0.368. The van der Waals surface area contributed by atoms with Gasteiger partial charge in [0.05, 0.1) is 24.9 Å². The molecule has 0 aliphatic heterocycles. The lowest BCUT2D eigenvalue weighted by Crippen LogP contribution is -2.34.